The first-order chi connectivity index (χ1) is 7.25. The van der Waals surface area contributed by atoms with Crippen molar-refractivity contribution in [2.75, 3.05) is 5.01 Å². The van der Waals surface area contributed by atoms with Gasteiger partial charge in [0.1, 0.15) is 5.00 Å². The Morgan fingerprint density at radius 3 is 2.67 bits per heavy atom. The number of nitrogens with two attached hydrogens (primary N) is 1. The Balaban J connectivity index is 2.07. The van der Waals surface area contributed by atoms with Crippen molar-refractivity contribution in [2.45, 2.75) is 13.5 Å². The quantitative estimate of drug-likeness (QED) is 0.636. The van der Waals surface area contributed by atoms with Crippen LogP contribution in [0.1, 0.15) is 11.3 Å². The molecule has 1 aromatic heterocycles. The van der Waals surface area contributed by atoms with E-state index in [0.717, 1.165) is 10.7 Å². The van der Waals surface area contributed by atoms with Crippen LogP contribution in [0.2, 0.25) is 0 Å². The maximum atomic E-state index is 5.94. The van der Waals surface area contributed by atoms with Crippen LogP contribution < -0.4 is 10.9 Å². The molecule has 0 atom stereocenters. The van der Waals surface area contributed by atoms with E-state index in [1.165, 1.54) is 17.1 Å². The van der Waals surface area contributed by atoms with E-state index in [1.807, 2.05) is 31.2 Å². The number of hydrogen-bond acceptors (Lipinski definition) is 4. The molecule has 0 aliphatic heterocycles. The van der Waals surface area contributed by atoms with E-state index >= 15 is 0 Å². The second-order valence-electron chi connectivity index (χ2n) is 3.42. The zero-order valence-corrected chi connectivity index (χ0v) is 9.37. The van der Waals surface area contributed by atoms with Gasteiger partial charge in [-0.3, -0.25) is 5.01 Å². The van der Waals surface area contributed by atoms with Crippen molar-refractivity contribution in [3.8, 4) is 0 Å². The van der Waals surface area contributed by atoms with Crippen molar-refractivity contribution in [1.29, 1.82) is 0 Å². The minimum absolute atomic E-state index is 0.711. The fraction of sp³-hybridized carbons (Fsp3) is 0.182. The molecule has 0 fully saturated rings. The van der Waals surface area contributed by atoms with Crippen molar-refractivity contribution in [1.82, 2.24) is 4.37 Å². The van der Waals surface area contributed by atoms with Gasteiger partial charge in [-0.05, 0) is 30.1 Å². The number of anilines is 1. The van der Waals surface area contributed by atoms with Crippen LogP contribution in [0.3, 0.4) is 0 Å². The largest absolute Gasteiger partial charge is 0.296 e. The Morgan fingerprint density at radius 2 is 2.07 bits per heavy atom. The zero-order valence-electron chi connectivity index (χ0n) is 8.55. The molecule has 78 valence electrons. The molecule has 3 nitrogen and oxygen atoms in total. The van der Waals surface area contributed by atoms with Gasteiger partial charge in [0.05, 0.1) is 12.2 Å². The van der Waals surface area contributed by atoms with Gasteiger partial charge in [-0.1, -0.05) is 30.3 Å². The van der Waals surface area contributed by atoms with Crippen LogP contribution in [0.4, 0.5) is 5.00 Å². The van der Waals surface area contributed by atoms with Crippen molar-refractivity contribution < 1.29 is 0 Å². The van der Waals surface area contributed by atoms with Crippen LogP contribution in [0.25, 0.3) is 0 Å². The van der Waals surface area contributed by atoms with Crippen LogP contribution in [0.5, 0.6) is 0 Å². The number of nitrogens with zero attached hydrogens (tertiary/aromatic N) is 2. The molecular weight excluding hydrogens is 206 g/mol. The Labute approximate surface area is 93.3 Å². The number of benzene rings is 1. The number of rotatable bonds is 3. The first kappa shape index (κ1) is 10.1. The molecule has 0 aliphatic rings. The van der Waals surface area contributed by atoms with E-state index < -0.39 is 0 Å². The molecule has 0 saturated carbocycles. The number of hydrazine groups is 1. The molecule has 0 amide bonds. The smallest absolute Gasteiger partial charge is 0.126 e. The molecule has 0 saturated heterocycles. The monoisotopic (exact) mass is 219 g/mol. The molecule has 4 heteroatoms. The summed E-state index contributed by atoms with van der Waals surface area (Å²) in [5.74, 6) is 5.94. The van der Waals surface area contributed by atoms with Crippen LogP contribution in [0.15, 0.2) is 36.4 Å². The summed E-state index contributed by atoms with van der Waals surface area (Å²) in [6.45, 7) is 2.68. The SMILES string of the molecule is Cc1cc(N(N)Cc2ccccc2)sn1. The second-order valence-corrected chi connectivity index (χ2v) is 4.20. The molecular formula is C11H13N3S. The summed E-state index contributed by atoms with van der Waals surface area (Å²) < 4.78 is 4.20. The van der Waals surface area contributed by atoms with E-state index in [0.29, 0.717) is 6.54 Å². The molecule has 0 spiro atoms. The second kappa shape index (κ2) is 4.42. The van der Waals surface area contributed by atoms with Gasteiger partial charge in [0.2, 0.25) is 0 Å². The van der Waals surface area contributed by atoms with Crippen LogP contribution in [-0.4, -0.2) is 4.37 Å². The van der Waals surface area contributed by atoms with Gasteiger partial charge in [-0.15, -0.1) is 0 Å². The molecule has 0 unspecified atom stereocenters. The molecule has 2 aromatic rings. The van der Waals surface area contributed by atoms with Crippen LogP contribution >= 0.6 is 11.5 Å². The highest BCUT2D eigenvalue weighted by atomic mass is 32.1. The Bertz CT molecular complexity index is 424. The van der Waals surface area contributed by atoms with Crippen molar-refractivity contribution in [3.63, 3.8) is 0 Å². The van der Waals surface area contributed by atoms with E-state index in [4.69, 9.17) is 5.84 Å². The minimum atomic E-state index is 0.711. The molecule has 0 radical (unpaired) electrons. The fourth-order valence-electron chi connectivity index (χ4n) is 1.34. The summed E-state index contributed by atoms with van der Waals surface area (Å²) in [6.07, 6.45) is 0. The normalized spacial score (nSPS) is 10.3. The summed E-state index contributed by atoms with van der Waals surface area (Å²) >= 11 is 1.43. The van der Waals surface area contributed by atoms with E-state index in [-0.39, 0.29) is 0 Å². The summed E-state index contributed by atoms with van der Waals surface area (Å²) in [6, 6.07) is 12.2. The minimum Gasteiger partial charge on any atom is -0.296 e. The first-order valence-corrected chi connectivity index (χ1v) is 5.52. The van der Waals surface area contributed by atoms with Crippen LogP contribution in [-0.2, 0) is 6.54 Å². The lowest BCUT2D eigenvalue weighted by Crippen LogP contribution is -2.29. The standard InChI is InChI=1S/C11H13N3S/c1-9-7-11(15-13-9)14(12)8-10-5-3-2-4-6-10/h2-7H,8,12H2,1H3. The maximum Gasteiger partial charge on any atom is 0.126 e. The predicted octanol–water partition coefficient (Wildman–Crippen LogP) is 2.33. The number of aromatic nitrogens is 1. The van der Waals surface area contributed by atoms with Gasteiger partial charge in [-0.25, -0.2) is 5.84 Å². The highest BCUT2D eigenvalue weighted by Gasteiger charge is 2.05. The molecule has 1 heterocycles. The first-order valence-electron chi connectivity index (χ1n) is 4.75. The third-order valence-corrected chi connectivity index (χ3v) is 3.01. The average Bonchev–Trinajstić information content (AvgIpc) is 2.66. The molecule has 2 N–H and O–H groups in total. The zero-order chi connectivity index (χ0) is 10.7. The Kier molecular flexibility index (Phi) is 2.99. The highest BCUT2D eigenvalue weighted by molar-refractivity contribution is 7.10. The van der Waals surface area contributed by atoms with Crippen molar-refractivity contribution in [2.24, 2.45) is 5.84 Å². The van der Waals surface area contributed by atoms with Gasteiger partial charge in [0.15, 0.2) is 0 Å². The van der Waals surface area contributed by atoms with Gasteiger partial charge in [-0.2, -0.15) is 4.37 Å². The number of aryl methyl sites for hydroxylation is 1. The third-order valence-electron chi connectivity index (χ3n) is 2.09. The highest BCUT2D eigenvalue weighted by Crippen LogP contribution is 2.20. The lowest BCUT2D eigenvalue weighted by atomic mass is 10.2. The van der Waals surface area contributed by atoms with Crippen molar-refractivity contribution in [3.05, 3.63) is 47.7 Å². The van der Waals surface area contributed by atoms with E-state index in [2.05, 4.69) is 16.5 Å². The van der Waals surface area contributed by atoms with E-state index in [1.54, 1.807) is 5.01 Å². The lowest BCUT2D eigenvalue weighted by molar-refractivity contribution is 0.863. The Hall–Kier alpha value is -1.39. The average molecular weight is 219 g/mol. The van der Waals surface area contributed by atoms with Gasteiger partial charge < -0.3 is 0 Å². The fourth-order valence-corrected chi connectivity index (χ4v) is 2.03. The third kappa shape index (κ3) is 2.55. The molecule has 2 rings (SSSR count). The van der Waals surface area contributed by atoms with Gasteiger partial charge >= 0.3 is 0 Å². The summed E-state index contributed by atoms with van der Waals surface area (Å²) in [5, 5.41) is 2.72. The topological polar surface area (TPSA) is 42.1 Å². The number of hydrogen-bond donors (Lipinski definition) is 1. The maximum absolute atomic E-state index is 5.94. The summed E-state index contributed by atoms with van der Waals surface area (Å²) in [4.78, 5) is 0. The lowest BCUT2D eigenvalue weighted by Gasteiger charge is -2.15. The molecule has 1 aromatic carbocycles. The molecule has 15 heavy (non-hydrogen) atoms. The van der Waals surface area contributed by atoms with Gasteiger partial charge in [0, 0.05) is 0 Å². The van der Waals surface area contributed by atoms with E-state index in [9.17, 15) is 0 Å². The predicted molar refractivity (Wildman–Crippen MR) is 63.7 cm³/mol. The summed E-state index contributed by atoms with van der Waals surface area (Å²) in [5.41, 5.74) is 2.21. The van der Waals surface area contributed by atoms with Gasteiger partial charge in [0.25, 0.3) is 0 Å². The van der Waals surface area contributed by atoms with Crippen LogP contribution in [0, 0.1) is 6.92 Å². The molecule has 0 aliphatic carbocycles. The molecule has 0 bridgehead atoms. The summed E-state index contributed by atoms with van der Waals surface area (Å²) in [7, 11) is 0. The Morgan fingerprint density at radius 1 is 1.33 bits per heavy atom. The van der Waals surface area contributed by atoms with Crippen molar-refractivity contribution >= 4 is 16.5 Å².